The second-order valence-electron chi connectivity index (χ2n) is 4.70. The number of rotatable bonds is 9. The molecule has 2 N–H and O–H groups in total. The number of ether oxygens (including phenoxy) is 2. The number of carbonyl (C=O) groups excluding carboxylic acids is 2. The first-order valence-corrected chi connectivity index (χ1v) is 9.10. The van der Waals surface area contributed by atoms with E-state index in [0.717, 1.165) is 0 Å². The Morgan fingerprint density at radius 2 is 2.12 bits per heavy atom. The van der Waals surface area contributed by atoms with Gasteiger partial charge in [-0.1, -0.05) is 29.2 Å². The van der Waals surface area contributed by atoms with Gasteiger partial charge in [0.15, 0.2) is 4.34 Å². The molecule has 1 aromatic heterocycles. The molecule has 0 unspecified atom stereocenters. The topological polar surface area (TPSA) is 102 Å². The lowest BCUT2D eigenvalue weighted by atomic mass is 10.2. The van der Waals surface area contributed by atoms with Gasteiger partial charge in [0.25, 0.3) is 0 Å². The van der Waals surface area contributed by atoms with E-state index in [1.165, 1.54) is 30.2 Å². The van der Waals surface area contributed by atoms with Crippen molar-refractivity contribution in [1.29, 1.82) is 0 Å². The quantitative estimate of drug-likeness (QED) is 0.386. The smallest absolute Gasteiger partial charge is 0.337 e. The third kappa shape index (κ3) is 6.33. The van der Waals surface area contributed by atoms with Gasteiger partial charge in [0.05, 0.1) is 25.0 Å². The summed E-state index contributed by atoms with van der Waals surface area (Å²) < 4.78 is 10.3. The van der Waals surface area contributed by atoms with Gasteiger partial charge < -0.3 is 20.1 Å². The zero-order valence-corrected chi connectivity index (χ0v) is 15.4. The maximum absolute atomic E-state index is 12.0. The molecule has 1 heterocycles. The van der Waals surface area contributed by atoms with Crippen molar-refractivity contribution in [2.45, 2.75) is 4.34 Å². The highest BCUT2D eigenvalue weighted by molar-refractivity contribution is 8.01. The fraction of sp³-hybridized carbons (Fsp3) is 0.333. The van der Waals surface area contributed by atoms with Gasteiger partial charge >= 0.3 is 5.97 Å². The number of nitrogens with one attached hydrogen (secondary N) is 2. The molecule has 1 amide bonds. The van der Waals surface area contributed by atoms with Gasteiger partial charge in [0.2, 0.25) is 11.0 Å². The molecular weight excluding hydrogens is 364 g/mol. The molecule has 0 aliphatic carbocycles. The van der Waals surface area contributed by atoms with Crippen LogP contribution in [0.2, 0.25) is 0 Å². The molecule has 0 aliphatic heterocycles. The van der Waals surface area contributed by atoms with Crippen LogP contribution in [-0.4, -0.2) is 55.2 Å². The van der Waals surface area contributed by atoms with E-state index in [9.17, 15) is 9.59 Å². The maximum atomic E-state index is 12.0. The third-order valence-electron chi connectivity index (χ3n) is 2.88. The lowest BCUT2D eigenvalue weighted by molar-refractivity contribution is -0.113. The molecule has 0 fully saturated rings. The average molecular weight is 382 g/mol. The summed E-state index contributed by atoms with van der Waals surface area (Å²) in [5, 5.41) is 14.5. The van der Waals surface area contributed by atoms with Crippen LogP contribution in [0.1, 0.15) is 10.4 Å². The first-order chi connectivity index (χ1) is 12.1. The molecule has 0 aliphatic rings. The number of aromatic nitrogens is 2. The van der Waals surface area contributed by atoms with E-state index in [0.29, 0.717) is 33.9 Å². The molecule has 2 rings (SSSR count). The van der Waals surface area contributed by atoms with Crippen LogP contribution in [0.15, 0.2) is 28.6 Å². The van der Waals surface area contributed by atoms with Gasteiger partial charge in [0.1, 0.15) is 0 Å². The van der Waals surface area contributed by atoms with Crippen molar-refractivity contribution in [3.05, 3.63) is 29.8 Å². The standard InChI is InChI=1S/C15H18N4O4S2/c1-22-7-6-16-14-18-19-15(25-14)24-9-12(20)17-11-5-3-4-10(8-11)13(21)23-2/h3-5,8H,6-7,9H2,1-2H3,(H,16,18)(H,17,20). The second-order valence-corrected chi connectivity index (χ2v) is 6.90. The average Bonchev–Trinajstić information content (AvgIpc) is 3.07. The minimum absolute atomic E-state index is 0.190. The van der Waals surface area contributed by atoms with Crippen LogP contribution in [-0.2, 0) is 14.3 Å². The van der Waals surface area contributed by atoms with Gasteiger partial charge in [0, 0.05) is 19.3 Å². The van der Waals surface area contributed by atoms with Crippen LogP contribution in [0.5, 0.6) is 0 Å². The Morgan fingerprint density at radius 3 is 2.88 bits per heavy atom. The van der Waals surface area contributed by atoms with Crippen molar-refractivity contribution >= 4 is 45.8 Å². The van der Waals surface area contributed by atoms with Crippen LogP contribution < -0.4 is 10.6 Å². The Morgan fingerprint density at radius 1 is 1.28 bits per heavy atom. The first-order valence-electron chi connectivity index (χ1n) is 7.29. The highest BCUT2D eigenvalue weighted by atomic mass is 32.2. The molecule has 0 atom stereocenters. The van der Waals surface area contributed by atoms with Crippen molar-refractivity contribution in [1.82, 2.24) is 10.2 Å². The SMILES string of the molecule is COCCNc1nnc(SCC(=O)Nc2cccc(C(=O)OC)c2)s1. The molecule has 2 aromatic rings. The van der Waals surface area contributed by atoms with Crippen LogP contribution in [0, 0.1) is 0 Å². The molecule has 0 spiro atoms. The second kappa shape index (κ2) is 9.97. The number of methoxy groups -OCH3 is 2. The van der Waals surface area contributed by atoms with Crippen molar-refractivity contribution in [2.75, 3.05) is 43.8 Å². The van der Waals surface area contributed by atoms with E-state index in [1.54, 1.807) is 31.4 Å². The Bertz CT molecular complexity index is 723. The largest absolute Gasteiger partial charge is 0.465 e. The van der Waals surface area contributed by atoms with Crippen LogP contribution >= 0.6 is 23.1 Å². The predicted octanol–water partition coefficient (Wildman–Crippen LogP) is 2.11. The van der Waals surface area contributed by atoms with Crippen LogP contribution in [0.3, 0.4) is 0 Å². The van der Waals surface area contributed by atoms with E-state index in [4.69, 9.17) is 4.74 Å². The fourth-order valence-corrected chi connectivity index (χ4v) is 3.34. The third-order valence-corrected chi connectivity index (χ3v) is 4.90. The maximum Gasteiger partial charge on any atom is 0.337 e. The molecule has 8 nitrogen and oxygen atoms in total. The molecule has 10 heteroatoms. The van der Waals surface area contributed by atoms with Crippen molar-refractivity contribution in [3.63, 3.8) is 0 Å². The number of thioether (sulfide) groups is 1. The monoisotopic (exact) mass is 382 g/mol. The zero-order valence-electron chi connectivity index (χ0n) is 13.8. The number of esters is 1. The highest BCUT2D eigenvalue weighted by Crippen LogP contribution is 2.25. The lowest BCUT2D eigenvalue weighted by Crippen LogP contribution is -2.14. The Hall–Kier alpha value is -2.17. The van der Waals surface area contributed by atoms with Crippen molar-refractivity contribution in [3.8, 4) is 0 Å². The first kappa shape index (κ1) is 19.2. The van der Waals surface area contributed by atoms with Gasteiger partial charge in [-0.3, -0.25) is 4.79 Å². The summed E-state index contributed by atoms with van der Waals surface area (Å²) in [4.78, 5) is 23.5. The van der Waals surface area contributed by atoms with E-state index >= 15 is 0 Å². The Labute approximate surface area is 153 Å². The molecule has 0 saturated carbocycles. The summed E-state index contributed by atoms with van der Waals surface area (Å²) in [5.41, 5.74) is 0.913. The lowest BCUT2D eigenvalue weighted by Gasteiger charge is -2.06. The molecule has 0 saturated heterocycles. The van der Waals surface area contributed by atoms with E-state index in [2.05, 4.69) is 25.6 Å². The number of anilines is 2. The number of hydrogen-bond acceptors (Lipinski definition) is 9. The van der Waals surface area contributed by atoms with Crippen LogP contribution in [0.25, 0.3) is 0 Å². The van der Waals surface area contributed by atoms with E-state index < -0.39 is 5.97 Å². The summed E-state index contributed by atoms with van der Waals surface area (Å²) in [7, 11) is 2.94. The van der Waals surface area contributed by atoms with Gasteiger partial charge in [-0.05, 0) is 18.2 Å². The predicted molar refractivity (Wildman–Crippen MR) is 97.4 cm³/mol. The summed E-state index contributed by atoms with van der Waals surface area (Å²) >= 11 is 2.67. The molecule has 134 valence electrons. The molecule has 25 heavy (non-hydrogen) atoms. The summed E-state index contributed by atoms with van der Waals surface area (Å²) in [6.07, 6.45) is 0. The van der Waals surface area contributed by atoms with Gasteiger partial charge in [-0.2, -0.15) is 0 Å². The van der Waals surface area contributed by atoms with E-state index in [1.807, 2.05) is 0 Å². The van der Waals surface area contributed by atoms with Crippen molar-refractivity contribution in [2.24, 2.45) is 0 Å². The van der Waals surface area contributed by atoms with Crippen molar-refractivity contribution < 1.29 is 19.1 Å². The van der Waals surface area contributed by atoms with Crippen LogP contribution in [0.4, 0.5) is 10.8 Å². The normalized spacial score (nSPS) is 10.3. The fourth-order valence-electron chi connectivity index (χ4n) is 1.77. The minimum Gasteiger partial charge on any atom is -0.465 e. The zero-order chi connectivity index (χ0) is 18.1. The van der Waals surface area contributed by atoms with Gasteiger partial charge in [-0.15, -0.1) is 10.2 Å². The molecule has 0 bridgehead atoms. The Kier molecular flexibility index (Phi) is 7.64. The van der Waals surface area contributed by atoms with Gasteiger partial charge in [-0.25, -0.2) is 4.79 Å². The number of nitrogens with zero attached hydrogens (tertiary/aromatic N) is 2. The molecule has 1 aromatic carbocycles. The summed E-state index contributed by atoms with van der Waals surface area (Å²) in [5.74, 6) is -0.459. The Balaban J connectivity index is 1.82. The number of benzene rings is 1. The number of amides is 1. The molecule has 0 radical (unpaired) electrons. The summed E-state index contributed by atoms with van der Waals surface area (Å²) in [6.45, 7) is 1.22. The number of hydrogen-bond donors (Lipinski definition) is 2. The summed E-state index contributed by atoms with van der Waals surface area (Å²) in [6, 6.07) is 6.57. The van der Waals surface area contributed by atoms with E-state index in [-0.39, 0.29) is 11.7 Å². The number of carbonyl (C=O) groups is 2. The molecular formula is C15H18N4O4S2. The minimum atomic E-state index is -0.451. The highest BCUT2D eigenvalue weighted by Gasteiger charge is 2.10.